The Morgan fingerprint density at radius 1 is 1.29 bits per heavy atom. The molecule has 1 aliphatic carbocycles. The van der Waals surface area contributed by atoms with E-state index in [1.54, 1.807) is 4.57 Å². The molecule has 1 amide bonds. The van der Waals surface area contributed by atoms with Gasteiger partial charge >= 0.3 is 0 Å². The van der Waals surface area contributed by atoms with E-state index in [-0.39, 0.29) is 17.2 Å². The summed E-state index contributed by atoms with van der Waals surface area (Å²) in [6, 6.07) is 10.3. The highest BCUT2D eigenvalue weighted by Crippen LogP contribution is 2.32. The van der Waals surface area contributed by atoms with Gasteiger partial charge < -0.3 is 5.32 Å². The third-order valence-electron chi connectivity index (χ3n) is 5.10. The van der Waals surface area contributed by atoms with Gasteiger partial charge in [-0.1, -0.05) is 54.9 Å². The normalized spacial score (nSPS) is 14.6. The first-order chi connectivity index (χ1) is 13.7. The minimum atomic E-state index is -0.0293. The lowest BCUT2D eigenvalue weighted by molar-refractivity contribution is -0.119. The molecule has 0 radical (unpaired) electrons. The van der Waals surface area contributed by atoms with E-state index in [0.29, 0.717) is 22.4 Å². The minimum Gasteiger partial charge on any atom is -0.353 e. The van der Waals surface area contributed by atoms with Crippen LogP contribution in [-0.2, 0) is 11.3 Å². The molecule has 7 heteroatoms. The molecule has 146 valence electrons. The summed E-state index contributed by atoms with van der Waals surface area (Å²) in [4.78, 5) is 30.1. The number of fused-ring (bicyclic) bond motifs is 1. The number of thioether (sulfide) groups is 1. The van der Waals surface area contributed by atoms with Gasteiger partial charge in [-0.15, -0.1) is 11.3 Å². The Morgan fingerprint density at radius 2 is 2.04 bits per heavy atom. The molecule has 0 unspecified atom stereocenters. The molecule has 4 rings (SSSR count). The van der Waals surface area contributed by atoms with Crippen LogP contribution in [0.1, 0.15) is 32.6 Å². The van der Waals surface area contributed by atoms with Gasteiger partial charge in [0.2, 0.25) is 5.91 Å². The Balaban J connectivity index is 1.63. The molecule has 3 aromatic rings. The number of carbonyl (C=O) groups is 1. The number of carbonyl (C=O) groups excluding carboxylic acids is 1. The van der Waals surface area contributed by atoms with Gasteiger partial charge in [0, 0.05) is 23.5 Å². The lowest BCUT2D eigenvalue weighted by Gasteiger charge is -2.13. The van der Waals surface area contributed by atoms with E-state index in [4.69, 9.17) is 4.98 Å². The molecule has 0 aliphatic heterocycles. The first-order valence-electron chi connectivity index (χ1n) is 9.67. The van der Waals surface area contributed by atoms with Crippen molar-refractivity contribution in [2.75, 3.05) is 5.75 Å². The molecule has 1 aromatic carbocycles. The number of hydrogen-bond donors (Lipinski definition) is 1. The molecular weight excluding hydrogens is 390 g/mol. The minimum absolute atomic E-state index is 0.0162. The van der Waals surface area contributed by atoms with E-state index < -0.39 is 0 Å². The summed E-state index contributed by atoms with van der Waals surface area (Å²) in [5.41, 5.74) is 2.71. The van der Waals surface area contributed by atoms with E-state index >= 15 is 0 Å². The average Bonchev–Trinajstić information content (AvgIpc) is 3.37. The quantitative estimate of drug-likeness (QED) is 0.483. The van der Waals surface area contributed by atoms with Gasteiger partial charge in [-0.3, -0.25) is 14.2 Å². The molecule has 1 fully saturated rings. The zero-order valence-corrected chi connectivity index (χ0v) is 17.4. The van der Waals surface area contributed by atoms with Crippen LogP contribution in [0.4, 0.5) is 0 Å². The van der Waals surface area contributed by atoms with Gasteiger partial charge in [0.25, 0.3) is 5.56 Å². The zero-order valence-electron chi connectivity index (χ0n) is 15.8. The van der Waals surface area contributed by atoms with Crippen molar-refractivity contribution in [2.24, 2.45) is 0 Å². The van der Waals surface area contributed by atoms with Crippen molar-refractivity contribution >= 4 is 39.2 Å². The maximum absolute atomic E-state index is 13.0. The van der Waals surface area contributed by atoms with Crippen LogP contribution in [0, 0.1) is 0 Å². The lowest BCUT2D eigenvalue weighted by Crippen LogP contribution is -2.34. The largest absolute Gasteiger partial charge is 0.353 e. The van der Waals surface area contributed by atoms with E-state index in [9.17, 15) is 9.59 Å². The highest BCUT2D eigenvalue weighted by atomic mass is 32.2. The third-order valence-corrected chi connectivity index (χ3v) is 7.03. The molecular formula is C21H23N3O2S2. The second kappa shape index (κ2) is 8.49. The second-order valence-corrected chi connectivity index (χ2v) is 8.80. The van der Waals surface area contributed by atoms with E-state index in [1.165, 1.54) is 35.9 Å². The molecule has 2 heterocycles. The van der Waals surface area contributed by atoms with E-state index in [0.717, 1.165) is 29.5 Å². The number of aromatic nitrogens is 2. The van der Waals surface area contributed by atoms with Crippen LogP contribution in [0.2, 0.25) is 0 Å². The Bertz CT molecular complexity index is 1040. The van der Waals surface area contributed by atoms with Crippen molar-refractivity contribution in [1.29, 1.82) is 0 Å². The first-order valence-corrected chi connectivity index (χ1v) is 11.5. The van der Waals surface area contributed by atoms with Crippen molar-refractivity contribution in [3.05, 3.63) is 46.1 Å². The van der Waals surface area contributed by atoms with Gasteiger partial charge in [0.15, 0.2) is 5.16 Å². The van der Waals surface area contributed by atoms with Crippen LogP contribution in [0.15, 0.2) is 45.7 Å². The molecule has 1 aliphatic rings. The van der Waals surface area contributed by atoms with Crippen LogP contribution >= 0.6 is 23.1 Å². The summed E-state index contributed by atoms with van der Waals surface area (Å²) in [6.07, 6.45) is 4.50. The van der Waals surface area contributed by atoms with E-state index in [2.05, 4.69) is 5.32 Å². The van der Waals surface area contributed by atoms with Crippen LogP contribution in [0.5, 0.6) is 0 Å². The Hall–Kier alpha value is -2.12. The van der Waals surface area contributed by atoms with Gasteiger partial charge in [-0.05, 0) is 25.3 Å². The van der Waals surface area contributed by atoms with Crippen LogP contribution in [-0.4, -0.2) is 27.3 Å². The predicted octanol–water partition coefficient (Wildman–Crippen LogP) is 4.30. The van der Waals surface area contributed by atoms with Crippen molar-refractivity contribution < 1.29 is 4.79 Å². The first kappa shape index (κ1) is 19.2. The second-order valence-electron chi connectivity index (χ2n) is 6.97. The maximum atomic E-state index is 13.0. The standard InChI is InChI=1S/C21H23N3O2S2/c1-2-24-20(26)19-18(16(12-27-19)14-8-4-3-5-9-14)23-21(24)28-13-17(25)22-15-10-6-7-11-15/h3-5,8-9,12,15H,2,6-7,10-11,13H2,1H3,(H,22,25). The molecule has 1 N–H and O–H groups in total. The van der Waals surface area contributed by atoms with Crippen molar-refractivity contribution in [2.45, 2.75) is 50.4 Å². The van der Waals surface area contributed by atoms with Crippen molar-refractivity contribution in [1.82, 2.24) is 14.9 Å². The molecule has 28 heavy (non-hydrogen) atoms. The molecule has 5 nitrogen and oxygen atoms in total. The fourth-order valence-corrected chi connectivity index (χ4v) is 5.49. The number of thiophene rings is 1. The monoisotopic (exact) mass is 413 g/mol. The van der Waals surface area contributed by atoms with Gasteiger partial charge in [0.1, 0.15) is 4.70 Å². The highest BCUT2D eigenvalue weighted by molar-refractivity contribution is 7.99. The summed E-state index contributed by atoms with van der Waals surface area (Å²) in [5.74, 6) is 0.293. The summed E-state index contributed by atoms with van der Waals surface area (Å²) in [7, 11) is 0. The summed E-state index contributed by atoms with van der Waals surface area (Å²) < 4.78 is 2.33. The third kappa shape index (κ3) is 3.86. The number of hydrogen-bond acceptors (Lipinski definition) is 5. The predicted molar refractivity (Wildman–Crippen MR) is 116 cm³/mol. The lowest BCUT2D eigenvalue weighted by atomic mass is 10.1. The maximum Gasteiger partial charge on any atom is 0.272 e. The fraction of sp³-hybridized carbons (Fsp3) is 0.381. The van der Waals surface area contributed by atoms with Gasteiger partial charge in [-0.2, -0.15) is 0 Å². The highest BCUT2D eigenvalue weighted by Gasteiger charge is 2.19. The van der Waals surface area contributed by atoms with Crippen LogP contribution in [0.25, 0.3) is 21.3 Å². The molecule has 0 spiro atoms. The van der Waals surface area contributed by atoms with Crippen LogP contribution < -0.4 is 10.9 Å². The number of amides is 1. The molecule has 0 bridgehead atoms. The fourth-order valence-electron chi connectivity index (χ4n) is 3.66. The summed E-state index contributed by atoms with van der Waals surface area (Å²) >= 11 is 2.78. The summed E-state index contributed by atoms with van der Waals surface area (Å²) in [6.45, 7) is 2.47. The molecule has 2 aromatic heterocycles. The molecule has 0 saturated heterocycles. The molecule has 0 atom stereocenters. The topological polar surface area (TPSA) is 64.0 Å². The van der Waals surface area contributed by atoms with Crippen molar-refractivity contribution in [3.8, 4) is 11.1 Å². The average molecular weight is 414 g/mol. The number of benzene rings is 1. The Labute approximate surface area is 172 Å². The van der Waals surface area contributed by atoms with Gasteiger partial charge in [0.05, 0.1) is 11.3 Å². The number of nitrogens with one attached hydrogen (secondary N) is 1. The summed E-state index contributed by atoms with van der Waals surface area (Å²) in [5, 5.41) is 5.70. The van der Waals surface area contributed by atoms with Crippen molar-refractivity contribution in [3.63, 3.8) is 0 Å². The SMILES string of the molecule is CCn1c(SCC(=O)NC2CCCC2)nc2c(-c3ccccc3)csc2c1=O. The van der Waals surface area contributed by atoms with Gasteiger partial charge in [-0.25, -0.2) is 4.98 Å². The molecule has 1 saturated carbocycles. The zero-order chi connectivity index (χ0) is 19.5. The number of rotatable bonds is 6. The smallest absolute Gasteiger partial charge is 0.272 e. The Morgan fingerprint density at radius 3 is 2.75 bits per heavy atom. The Kier molecular flexibility index (Phi) is 5.82. The van der Waals surface area contributed by atoms with E-state index in [1.807, 2.05) is 42.6 Å². The number of nitrogens with zero attached hydrogens (tertiary/aromatic N) is 2. The van der Waals surface area contributed by atoms with Crippen LogP contribution in [0.3, 0.4) is 0 Å².